The molecule has 0 bridgehead atoms. The van der Waals surface area contributed by atoms with Crippen LogP contribution in [0, 0.1) is 0 Å². The third-order valence-corrected chi connectivity index (χ3v) is 6.55. The standard InChI is InChI=1S/C25H36N6O2/c1-25(33,17-32)22-4-3-9-30(15-22)14-21-8-7-20(10-23(21)19-5-6-19)24(26)16-31(27)13-18-11-28-29(2)12-18/h4,7-8,10-12,16,19,32-33H,3,5-6,9,13-15,17,26-27H2,1-2H3/b24-16-/t25-/m1/s1. The lowest BCUT2D eigenvalue weighted by atomic mass is 9.92. The summed E-state index contributed by atoms with van der Waals surface area (Å²) in [5.41, 5.74) is 11.4. The topological polar surface area (TPSA) is 117 Å². The van der Waals surface area contributed by atoms with Crippen LogP contribution < -0.4 is 11.6 Å². The molecular weight excluding hydrogens is 416 g/mol. The molecule has 6 N–H and O–H groups in total. The van der Waals surface area contributed by atoms with E-state index in [0.29, 0.717) is 24.7 Å². The van der Waals surface area contributed by atoms with Gasteiger partial charge >= 0.3 is 0 Å². The van der Waals surface area contributed by atoms with Crippen LogP contribution in [0.25, 0.3) is 5.70 Å². The molecule has 33 heavy (non-hydrogen) atoms. The second kappa shape index (κ2) is 9.69. The van der Waals surface area contributed by atoms with Gasteiger partial charge in [0, 0.05) is 44.6 Å². The van der Waals surface area contributed by atoms with E-state index in [0.717, 1.165) is 36.2 Å². The van der Waals surface area contributed by atoms with E-state index >= 15 is 0 Å². The summed E-state index contributed by atoms with van der Waals surface area (Å²) in [6.07, 6.45) is 10.9. The molecule has 0 amide bonds. The minimum absolute atomic E-state index is 0.265. The molecule has 8 heteroatoms. The van der Waals surface area contributed by atoms with Crippen molar-refractivity contribution in [3.05, 3.63) is 70.7 Å². The molecule has 2 heterocycles. The van der Waals surface area contributed by atoms with E-state index in [9.17, 15) is 10.2 Å². The molecule has 0 radical (unpaired) electrons. The maximum Gasteiger partial charge on any atom is 0.107 e. The van der Waals surface area contributed by atoms with E-state index in [2.05, 4.69) is 34.3 Å². The highest BCUT2D eigenvalue weighted by molar-refractivity contribution is 5.64. The summed E-state index contributed by atoms with van der Waals surface area (Å²) < 4.78 is 1.75. The lowest BCUT2D eigenvalue weighted by Crippen LogP contribution is -2.40. The maximum atomic E-state index is 10.5. The lowest BCUT2D eigenvalue weighted by molar-refractivity contribution is 0.0247. The molecule has 1 atom stereocenters. The Morgan fingerprint density at radius 3 is 2.82 bits per heavy atom. The van der Waals surface area contributed by atoms with Gasteiger partial charge in [0.1, 0.15) is 5.60 Å². The van der Waals surface area contributed by atoms with Gasteiger partial charge in [-0.15, -0.1) is 0 Å². The van der Waals surface area contributed by atoms with Gasteiger partial charge in [-0.3, -0.25) is 9.58 Å². The Morgan fingerprint density at radius 1 is 1.36 bits per heavy atom. The van der Waals surface area contributed by atoms with Crippen molar-refractivity contribution in [1.29, 1.82) is 0 Å². The van der Waals surface area contributed by atoms with E-state index < -0.39 is 5.60 Å². The quantitative estimate of drug-likeness (QED) is 0.260. The number of aliphatic hydroxyl groups excluding tert-OH is 1. The molecule has 1 aliphatic carbocycles. The Labute approximate surface area is 195 Å². The largest absolute Gasteiger partial charge is 0.397 e. The SMILES string of the molecule is Cn1cc(CN(N)/C=C(\N)c2ccc(CN3CCC=C([C@](C)(O)CO)C3)c(C3CC3)c2)cn1. The fraction of sp³-hybridized carbons (Fsp3) is 0.480. The lowest BCUT2D eigenvalue weighted by Gasteiger charge is -2.34. The summed E-state index contributed by atoms with van der Waals surface area (Å²) in [7, 11) is 1.88. The minimum atomic E-state index is -1.16. The number of hydrogen-bond acceptors (Lipinski definition) is 7. The van der Waals surface area contributed by atoms with E-state index in [1.807, 2.05) is 13.2 Å². The molecule has 1 aromatic heterocycles. The number of nitrogens with two attached hydrogens (primary N) is 2. The van der Waals surface area contributed by atoms with E-state index in [1.54, 1.807) is 29.0 Å². The first-order valence-corrected chi connectivity index (χ1v) is 11.6. The first-order valence-electron chi connectivity index (χ1n) is 11.6. The van der Waals surface area contributed by atoms with Crippen LogP contribution in [0.5, 0.6) is 0 Å². The number of aliphatic hydroxyl groups is 2. The van der Waals surface area contributed by atoms with Gasteiger partial charge in [0.25, 0.3) is 0 Å². The smallest absolute Gasteiger partial charge is 0.107 e. The van der Waals surface area contributed by atoms with Crippen molar-refractivity contribution in [3.63, 3.8) is 0 Å². The molecule has 1 saturated carbocycles. The van der Waals surface area contributed by atoms with Crippen molar-refractivity contribution in [1.82, 2.24) is 19.7 Å². The molecule has 1 aromatic carbocycles. The fourth-order valence-electron chi connectivity index (χ4n) is 4.43. The summed E-state index contributed by atoms with van der Waals surface area (Å²) in [5, 5.41) is 25.8. The van der Waals surface area contributed by atoms with E-state index in [1.165, 1.54) is 24.0 Å². The van der Waals surface area contributed by atoms with Crippen LogP contribution in [0.1, 0.15) is 54.4 Å². The highest BCUT2D eigenvalue weighted by Crippen LogP contribution is 2.43. The Balaban J connectivity index is 1.47. The van der Waals surface area contributed by atoms with Crippen LogP contribution in [-0.2, 0) is 20.1 Å². The van der Waals surface area contributed by atoms with Gasteiger partial charge in [-0.25, -0.2) is 5.84 Å². The van der Waals surface area contributed by atoms with Crippen molar-refractivity contribution in [2.24, 2.45) is 18.6 Å². The van der Waals surface area contributed by atoms with Crippen molar-refractivity contribution in [2.75, 3.05) is 19.7 Å². The van der Waals surface area contributed by atoms with Gasteiger partial charge in [0.2, 0.25) is 0 Å². The van der Waals surface area contributed by atoms with Crippen LogP contribution in [-0.4, -0.2) is 55.2 Å². The highest BCUT2D eigenvalue weighted by Gasteiger charge is 2.30. The molecular formula is C25H36N6O2. The molecule has 2 aliphatic rings. The van der Waals surface area contributed by atoms with Crippen molar-refractivity contribution in [3.8, 4) is 0 Å². The van der Waals surface area contributed by atoms with Gasteiger partial charge in [-0.1, -0.05) is 18.2 Å². The zero-order chi connectivity index (χ0) is 23.6. The molecule has 178 valence electrons. The molecule has 4 rings (SSSR count). The normalized spacial score (nSPS) is 19.3. The summed E-state index contributed by atoms with van der Waals surface area (Å²) in [6.45, 7) is 4.37. The van der Waals surface area contributed by atoms with Crippen LogP contribution in [0.3, 0.4) is 0 Å². The number of nitrogens with zero attached hydrogens (tertiary/aromatic N) is 4. The Bertz CT molecular complexity index is 1040. The second-order valence-electron chi connectivity index (χ2n) is 9.63. The number of hydrazine groups is 1. The summed E-state index contributed by atoms with van der Waals surface area (Å²) in [6, 6.07) is 6.45. The van der Waals surface area contributed by atoms with Crippen LogP contribution in [0.4, 0.5) is 0 Å². The number of benzene rings is 1. The molecule has 0 unspecified atom stereocenters. The highest BCUT2D eigenvalue weighted by atomic mass is 16.3. The van der Waals surface area contributed by atoms with Gasteiger partial charge in [0.05, 0.1) is 25.0 Å². The first-order chi connectivity index (χ1) is 15.7. The molecule has 1 fully saturated rings. The maximum absolute atomic E-state index is 10.5. The second-order valence-corrected chi connectivity index (χ2v) is 9.63. The average Bonchev–Trinajstić information content (AvgIpc) is 3.56. The van der Waals surface area contributed by atoms with Crippen LogP contribution in [0.15, 0.2) is 48.4 Å². The third-order valence-electron chi connectivity index (χ3n) is 6.55. The number of aromatic nitrogens is 2. The van der Waals surface area contributed by atoms with E-state index in [-0.39, 0.29) is 6.61 Å². The molecule has 1 aliphatic heterocycles. The van der Waals surface area contributed by atoms with Gasteiger partial charge in [0.15, 0.2) is 0 Å². The monoisotopic (exact) mass is 452 g/mol. The Kier molecular flexibility index (Phi) is 6.90. The molecule has 2 aromatic rings. The average molecular weight is 453 g/mol. The van der Waals surface area contributed by atoms with Crippen molar-refractivity contribution < 1.29 is 10.2 Å². The van der Waals surface area contributed by atoms with Gasteiger partial charge < -0.3 is 21.0 Å². The molecule has 0 spiro atoms. The minimum Gasteiger partial charge on any atom is -0.397 e. The third kappa shape index (κ3) is 5.83. The summed E-state index contributed by atoms with van der Waals surface area (Å²) in [4.78, 5) is 2.34. The predicted octanol–water partition coefficient (Wildman–Crippen LogP) is 1.81. The summed E-state index contributed by atoms with van der Waals surface area (Å²) in [5.74, 6) is 6.75. The molecule has 8 nitrogen and oxygen atoms in total. The van der Waals surface area contributed by atoms with Crippen LogP contribution >= 0.6 is 0 Å². The Morgan fingerprint density at radius 2 is 2.15 bits per heavy atom. The zero-order valence-electron chi connectivity index (χ0n) is 19.6. The summed E-state index contributed by atoms with van der Waals surface area (Å²) >= 11 is 0. The number of aryl methyl sites for hydroxylation is 1. The van der Waals surface area contributed by atoms with Gasteiger partial charge in [-0.2, -0.15) is 5.10 Å². The fourth-order valence-corrected chi connectivity index (χ4v) is 4.43. The Hall–Kier alpha value is -2.65. The number of rotatable bonds is 9. The zero-order valence-corrected chi connectivity index (χ0v) is 19.6. The van der Waals surface area contributed by atoms with Crippen molar-refractivity contribution >= 4 is 5.70 Å². The van der Waals surface area contributed by atoms with Crippen molar-refractivity contribution in [2.45, 2.75) is 50.8 Å². The van der Waals surface area contributed by atoms with Gasteiger partial charge in [-0.05, 0) is 60.4 Å². The number of hydrogen-bond donors (Lipinski definition) is 4. The van der Waals surface area contributed by atoms with Crippen LogP contribution in [0.2, 0.25) is 0 Å². The predicted molar refractivity (Wildman–Crippen MR) is 129 cm³/mol. The molecule has 0 saturated heterocycles. The first kappa shape index (κ1) is 23.5. The van der Waals surface area contributed by atoms with E-state index in [4.69, 9.17) is 11.6 Å².